The molecule has 0 aromatic carbocycles. The first-order chi connectivity index (χ1) is 9.60. The number of aliphatic imine (C=N–C) groups is 1. The number of nitrogens with zero attached hydrogens (tertiary/aromatic N) is 2. The molecule has 2 fully saturated rings. The fraction of sp³-hybridized carbons (Fsp3) is 0.933. The van der Waals surface area contributed by atoms with Crippen LogP contribution in [-0.2, 0) is 9.47 Å². The molecule has 1 saturated heterocycles. The van der Waals surface area contributed by atoms with Gasteiger partial charge in [-0.2, -0.15) is 0 Å². The average molecular weight is 411 g/mol. The zero-order valence-electron chi connectivity index (χ0n) is 13.7. The molecule has 6 heteroatoms. The van der Waals surface area contributed by atoms with E-state index in [0.29, 0.717) is 18.0 Å². The van der Waals surface area contributed by atoms with Gasteiger partial charge in [-0.05, 0) is 12.8 Å². The lowest BCUT2D eigenvalue weighted by molar-refractivity contribution is -0.156. The van der Waals surface area contributed by atoms with Gasteiger partial charge in [0.25, 0.3) is 0 Å². The minimum atomic E-state index is 0. The molecule has 0 aromatic heterocycles. The third-order valence-electron chi connectivity index (χ3n) is 5.31. The van der Waals surface area contributed by atoms with E-state index in [-0.39, 0.29) is 35.4 Å². The van der Waals surface area contributed by atoms with Gasteiger partial charge in [-0.3, -0.25) is 0 Å². The third-order valence-corrected chi connectivity index (χ3v) is 5.31. The summed E-state index contributed by atoms with van der Waals surface area (Å²) < 4.78 is 11.1. The topological polar surface area (TPSA) is 60.1 Å². The molecule has 2 N–H and O–H groups in total. The minimum Gasteiger partial charge on any atom is -0.380 e. The molecule has 0 aromatic rings. The van der Waals surface area contributed by atoms with Crippen LogP contribution in [0.4, 0.5) is 0 Å². The summed E-state index contributed by atoms with van der Waals surface area (Å²) in [5, 5.41) is 0. The van der Waals surface area contributed by atoms with Crippen LogP contribution >= 0.6 is 24.0 Å². The number of morpholine rings is 1. The third kappa shape index (κ3) is 3.32. The maximum Gasteiger partial charge on any atom is 0.191 e. The van der Waals surface area contributed by atoms with Crippen LogP contribution < -0.4 is 5.73 Å². The largest absolute Gasteiger partial charge is 0.380 e. The van der Waals surface area contributed by atoms with E-state index in [1.165, 1.54) is 0 Å². The predicted octanol–water partition coefficient (Wildman–Crippen LogP) is 2.09. The number of methoxy groups -OCH3 is 1. The zero-order chi connectivity index (χ0) is 14.8. The van der Waals surface area contributed by atoms with Gasteiger partial charge in [0.15, 0.2) is 5.96 Å². The van der Waals surface area contributed by atoms with Gasteiger partial charge in [0.2, 0.25) is 0 Å². The first kappa shape index (κ1) is 19.0. The summed E-state index contributed by atoms with van der Waals surface area (Å²) in [5.74, 6) is 1.10. The van der Waals surface area contributed by atoms with Crippen molar-refractivity contribution in [3.63, 3.8) is 0 Å². The molecule has 1 aliphatic heterocycles. The van der Waals surface area contributed by atoms with Gasteiger partial charge < -0.3 is 20.1 Å². The normalized spacial score (nSPS) is 32.3. The van der Waals surface area contributed by atoms with Crippen molar-refractivity contribution in [2.24, 2.45) is 22.1 Å². The van der Waals surface area contributed by atoms with Gasteiger partial charge in [0.1, 0.15) is 0 Å². The van der Waals surface area contributed by atoms with Gasteiger partial charge >= 0.3 is 0 Å². The maximum absolute atomic E-state index is 6.22. The molecule has 1 aliphatic carbocycles. The van der Waals surface area contributed by atoms with Gasteiger partial charge in [-0.15, -0.1) is 24.0 Å². The number of ether oxygens (including phenoxy) is 2. The first-order valence-corrected chi connectivity index (χ1v) is 7.79. The van der Waals surface area contributed by atoms with E-state index in [4.69, 9.17) is 20.2 Å². The van der Waals surface area contributed by atoms with Gasteiger partial charge in [0.05, 0.1) is 25.4 Å². The molecule has 0 bridgehead atoms. The van der Waals surface area contributed by atoms with Crippen molar-refractivity contribution >= 4 is 29.9 Å². The van der Waals surface area contributed by atoms with E-state index in [0.717, 1.165) is 39.1 Å². The van der Waals surface area contributed by atoms with Crippen LogP contribution in [0.1, 0.15) is 33.6 Å². The summed E-state index contributed by atoms with van der Waals surface area (Å²) in [5.41, 5.74) is 6.36. The molecule has 0 amide bonds. The maximum atomic E-state index is 6.22. The van der Waals surface area contributed by atoms with Crippen molar-refractivity contribution < 1.29 is 9.47 Å². The molecule has 5 nitrogen and oxygen atoms in total. The molecule has 21 heavy (non-hydrogen) atoms. The van der Waals surface area contributed by atoms with E-state index in [2.05, 4.69) is 25.7 Å². The van der Waals surface area contributed by atoms with Crippen LogP contribution in [0.25, 0.3) is 0 Å². The Morgan fingerprint density at radius 1 is 1.33 bits per heavy atom. The summed E-state index contributed by atoms with van der Waals surface area (Å²) in [6.07, 6.45) is 2.46. The molecule has 0 spiro atoms. The second-order valence-electron chi connectivity index (χ2n) is 5.99. The van der Waals surface area contributed by atoms with Crippen LogP contribution in [0.5, 0.6) is 0 Å². The van der Waals surface area contributed by atoms with Crippen molar-refractivity contribution in [2.75, 3.05) is 33.4 Å². The Balaban J connectivity index is 0.00000220. The van der Waals surface area contributed by atoms with Gasteiger partial charge in [0, 0.05) is 31.5 Å². The number of halogens is 1. The number of nitrogens with two attached hydrogens (primary N) is 1. The van der Waals surface area contributed by atoms with Crippen LogP contribution in [0.2, 0.25) is 0 Å². The second-order valence-corrected chi connectivity index (χ2v) is 5.99. The van der Waals surface area contributed by atoms with E-state index in [9.17, 15) is 0 Å². The predicted molar refractivity (Wildman–Crippen MR) is 96.2 cm³/mol. The Morgan fingerprint density at radius 3 is 2.38 bits per heavy atom. The van der Waals surface area contributed by atoms with Crippen molar-refractivity contribution in [1.29, 1.82) is 0 Å². The van der Waals surface area contributed by atoms with Crippen molar-refractivity contribution in [3.05, 3.63) is 0 Å². The van der Waals surface area contributed by atoms with Gasteiger partial charge in [-0.1, -0.05) is 20.8 Å². The quantitative estimate of drug-likeness (QED) is 0.437. The summed E-state index contributed by atoms with van der Waals surface area (Å²) in [6, 6.07) is 0.269. The molecular formula is C15H30IN3O2. The lowest BCUT2D eigenvalue weighted by atomic mass is 9.53. The highest BCUT2D eigenvalue weighted by Gasteiger charge is 2.58. The SMILES string of the molecule is CCC1(CC)C(N=C(N)N2CCOCC2)C(C)C1OC.I. The highest BCUT2D eigenvalue weighted by atomic mass is 127. The Kier molecular flexibility index (Phi) is 7.19. The summed E-state index contributed by atoms with van der Waals surface area (Å²) >= 11 is 0. The molecule has 3 atom stereocenters. The van der Waals surface area contributed by atoms with Crippen LogP contribution in [0, 0.1) is 11.3 Å². The Bertz CT molecular complexity index is 355. The highest BCUT2D eigenvalue weighted by Crippen LogP contribution is 2.54. The number of hydrogen-bond donors (Lipinski definition) is 1. The Morgan fingerprint density at radius 2 is 1.90 bits per heavy atom. The Labute approximate surface area is 145 Å². The lowest BCUT2D eigenvalue weighted by Crippen LogP contribution is -2.64. The van der Waals surface area contributed by atoms with Crippen LogP contribution in [-0.4, -0.2) is 56.4 Å². The number of rotatable bonds is 4. The fourth-order valence-corrected chi connectivity index (χ4v) is 4.05. The lowest BCUT2D eigenvalue weighted by Gasteiger charge is -2.58. The summed E-state index contributed by atoms with van der Waals surface area (Å²) in [4.78, 5) is 7.00. The summed E-state index contributed by atoms with van der Waals surface area (Å²) in [7, 11) is 1.81. The highest BCUT2D eigenvalue weighted by molar-refractivity contribution is 14.0. The molecule has 124 valence electrons. The Hall–Kier alpha value is -0.0800. The van der Waals surface area contributed by atoms with E-state index in [1.54, 1.807) is 0 Å². The molecule has 2 aliphatic rings. The second kappa shape index (κ2) is 7.97. The molecule has 2 rings (SSSR count). The van der Waals surface area contributed by atoms with E-state index in [1.807, 2.05) is 7.11 Å². The van der Waals surface area contributed by atoms with Crippen LogP contribution in [0.3, 0.4) is 0 Å². The monoisotopic (exact) mass is 411 g/mol. The van der Waals surface area contributed by atoms with Crippen LogP contribution in [0.15, 0.2) is 4.99 Å². The molecule has 1 heterocycles. The van der Waals surface area contributed by atoms with Crippen molar-refractivity contribution in [2.45, 2.75) is 45.8 Å². The molecule has 0 radical (unpaired) electrons. The van der Waals surface area contributed by atoms with Gasteiger partial charge in [-0.25, -0.2) is 4.99 Å². The zero-order valence-corrected chi connectivity index (χ0v) is 16.0. The van der Waals surface area contributed by atoms with E-state index >= 15 is 0 Å². The number of hydrogen-bond acceptors (Lipinski definition) is 3. The standard InChI is InChI=1S/C15H29N3O2.HI/c1-5-15(6-2)12(11(3)13(15)19-4)17-14(16)18-7-9-20-10-8-18;/h11-13H,5-10H2,1-4H3,(H2,16,17);1H. The smallest absolute Gasteiger partial charge is 0.191 e. The molecule has 1 saturated carbocycles. The van der Waals surface area contributed by atoms with Crippen molar-refractivity contribution in [3.8, 4) is 0 Å². The first-order valence-electron chi connectivity index (χ1n) is 7.79. The number of guanidine groups is 1. The average Bonchev–Trinajstić information content (AvgIpc) is 2.50. The minimum absolute atomic E-state index is 0. The van der Waals surface area contributed by atoms with E-state index < -0.39 is 0 Å². The van der Waals surface area contributed by atoms with Crippen molar-refractivity contribution in [1.82, 2.24) is 4.90 Å². The molecular weight excluding hydrogens is 381 g/mol. The molecule has 3 unspecified atom stereocenters. The fourth-order valence-electron chi connectivity index (χ4n) is 4.05. The summed E-state index contributed by atoms with van der Waals surface area (Å²) in [6.45, 7) is 9.85.